The van der Waals surface area contributed by atoms with Crippen molar-refractivity contribution in [2.45, 2.75) is 13.0 Å². The summed E-state index contributed by atoms with van der Waals surface area (Å²) < 4.78 is 1.60. The fourth-order valence-electron chi connectivity index (χ4n) is 1.70. The number of rotatable bonds is 3. The molecule has 0 amide bonds. The van der Waals surface area contributed by atoms with Crippen molar-refractivity contribution in [1.82, 2.24) is 9.55 Å². The Bertz CT molecular complexity index is 537. The van der Waals surface area contributed by atoms with Gasteiger partial charge in [-0.2, -0.15) is 0 Å². The summed E-state index contributed by atoms with van der Waals surface area (Å²) in [7, 11) is 0. The third-order valence-corrected chi connectivity index (χ3v) is 2.77. The van der Waals surface area contributed by atoms with E-state index in [0.717, 1.165) is 5.69 Å². The topological polar surface area (TPSA) is 55.1 Å². The molecule has 0 aliphatic heterocycles. The highest BCUT2D eigenvalue weighted by Crippen LogP contribution is 2.22. The Morgan fingerprint density at radius 2 is 2.29 bits per heavy atom. The second kappa shape index (κ2) is 4.59. The molecule has 17 heavy (non-hydrogen) atoms. The lowest BCUT2D eigenvalue weighted by molar-refractivity contribution is 0.0684. The van der Waals surface area contributed by atoms with Crippen molar-refractivity contribution < 1.29 is 9.90 Å². The molecule has 0 saturated heterocycles. The predicted octanol–water partition coefficient (Wildman–Crippen LogP) is 2.84. The van der Waals surface area contributed by atoms with E-state index < -0.39 is 5.97 Å². The van der Waals surface area contributed by atoms with Crippen LogP contribution < -0.4 is 0 Å². The summed E-state index contributed by atoms with van der Waals surface area (Å²) in [6.07, 6.45) is 3.28. The minimum Gasteiger partial charge on any atom is -0.477 e. The zero-order valence-corrected chi connectivity index (χ0v) is 9.93. The molecular weight excluding hydrogens is 240 g/mol. The first-order chi connectivity index (χ1) is 8.09. The molecule has 2 aromatic rings. The number of hydrogen-bond acceptors (Lipinski definition) is 2. The zero-order valence-electron chi connectivity index (χ0n) is 9.17. The lowest BCUT2D eigenvalue weighted by atomic mass is 10.2. The summed E-state index contributed by atoms with van der Waals surface area (Å²) >= 11 is 5.84. The Kier molecular flexibility index (Phi) is 3.15. The van der Waals surface area contributed by atoms with Crippen LogP contribution in [0.5, 0.6) is 0 Å². The van der Waals surface area contributed by atoms with Crippen molar-refractivity contribution in [2.24, 2.45) is 0 Å². The molecule has 0 aromatic carbocycles. The first-order valence-electron chi connectivity index (χ1n) is 5.11. The maximum Gasteiger partial charge on any atom is 0.352 e. The summed E-state index contributed by atoms with van der Waals surface area (Å²) in [5, 5.41) is 9.48. The summed E-state index contributed by atoms with van der Waals surface area (Å²) in [5.74, 6) is -1.00. The van der Waals surface area contributed by atoms with Crippen molar-refractivity contribution in [3.05, 3.63) is 53.1 Å². The largest absolute Gasteiger partial charge is 0.477 e. The van der Waals surface area contributed by atoms with E-state index in [1.54, 1.807) is 17.0 Å². The molecule has 0 aliphatic rings. The molecule has 0 bridgehead atoms. The van der Waals surface area contributed by atoms with Gasteiger partial charge < -0.3 is 9.67 Å². The molecule has 2 heterocycles. The van der Waals surface area contributed by atoms with Crippen LogP contribution in [0.4, 0.5) is 0 Å². The van der Waals surface area contributed by atoms with Gasteiger partial charge in [-0.05, 0) is 25.1 Å². The molecule has 2 aromatic heterocycles. The van der Waals surface area contributed by atoms with Crippen LogP contribution in [0.3, 0.4) is 0 Å². The maximum atomic E-state index is 11.1. The van der Waals surface area contributed by atoms with Gasteiger partial charge in [0.05, 0.1) is 16.8 Å². The van der Waals surface area contributed by atoms with Gasteiger partial charge in [-0.15, -0.1) is 0 Å². The standard InChI is InChI=1S/C12H11ClN2O2/c1-8(10-4-2-3-5-14-10)15-7-9(13)6-11(15)12(16)17/h2-8H,1H3,(H,16,17). The Labute approximate surface area is 103 Å². The maximum absolute atomic E-state index is 11.1. The third kappa shape index (κ3) is 2.31. The first kappa shape index (κ1) is 11.7. The minimum absolute atomic E-state index is 0.160. The highest BCUT2D eigenvalue weighted by Gasteiger charge is 2.17. The molecule has 0 spiro atoms. The van der Waals surface area contributed by atoms with Gasteiger partial charge >= 0.3 is 5.97 Å². The first-order valence-corrected chi connectivity index (χ1v) is 5.49. The van der Waals surface area contributed by atoms with Crippen LogP contribution in [0.1, 0.15) is 29.1 Å². The number of aromatic carboxylic acids is 1. The average molecular weight is 251 g/mol. The van der Waals surface area contributed by atoms with Crippen LogP contribution in [0, 0.1) is 0 Å². The van der Waals surface area contributed by atoms with E-state index in [1.807, 2.05) is 25.1 Å². The molecule has 2 rings (SSSR count). The fraction of sp³-hybridized carbons (Fsp3) is 0.167. The van der Waals surface area contributed by atoms with Crippen LogP contribution in [0.15, 0.2) is 36.7 Å². The number of aromatic nitrogens is 2. The van der Waals surface area contributed by atoms with Gasteiger partial charge in [-0.3, -0.25) is 4.98 Å². The Morgan fingerprint density at radius 1 is 1.53 bits per heavy atom. The lowest BCUT2D eigenvalue weighted by Crippen LogP contribution is -2.13. The molecule has 0 saturated carbocycles. The lowest BCUT2D eigenvalue weighted by Gasteiger charge is -2.14. The van der Waals surface area contributed by atoms with Gasteiger partial charge in [0.15, 0.2) is 0 Å². The number of carboxylic acid groups (broad SMARTS) is 1. The van der Waals surface area contributed by atoms with Gasteiger partial charge in [-0.1, -0.05) is 17.7 Å². The van der Waals surface area contributed by atoms with E-state index in [2.05, 4.69) is 4.98 Å². The molecule has 0 aliphatic carbocycles. The molecule has 5 heteroatoms. The Balaban J connectivity index is 2.44. The van der Waals surface area contributed by atoms with Crippen LogP contribution >= 0.6 is 11.6 Å². The number of pyridine rings is 1. The van der Waals surface area contributed by atoms with Crippen molar-refractivity contribution in [2.75, 3.05) is 0 Å². The van der Waals surface area contributed by atoms with Crippen molar-refractivity contribution in [3.8, 4) is 0 Å². The average Bonchev–Trinajstić information content (AvgIpc) is 2.72. The number of halogens is 1. The van der Waals surface area contributed by atoms with Crippen LogP contribution in [0.2, 0.25) is 5.02 Å². The molecule has 0 radical (unpaired) electrons. The molecule has 0 fully saturated rings. The van der Waals surface area contributed by atoms with Gasteiger partial charge in [0.2, 0.25) is 0 Å². The number of carbonyl (C=O) groups is 1. The SMILES string of the molecule is CC(c1ccccn1)n1cc(Cl)cc1C(=O)O. The van der Waals surface area contributed by atoms with Crippen molar-refractivity contribution >= 4 is 17.6 Å². The van der Waals surface area contributed by atoms with Crippen molar-refractivity contribution in [3.63, 3.8) is 0 Å². The van der Waals surface area contributed by atoms with E-state index >= 15 is 0 Å². The molecule has 88 valence electrons. The van der Waals surface area contributed by atoms with Crippen LogP contribution in [-0.4, -0.2) is 20.6 Å². The second-order valence-corrected chi connectivity index (χ2v) is 4.12. The Hall–Kier alpha value is -1.81. The van der Waals surface area contributed by atoms with Gasteiger partial charge in [-0.25, -0.2) is 4.79 Å². The summed E-state index contributed by atoms with van der Waals surface area (Å²) in [4.78, 5) is 15.3. The van der Waals surface area contributed by atoms with E-state index in [0.29, 0.717) is 5.02 Å². The zero-order chi connectivity index (χ0) is 12.4. The van der Waals surface area contributed by atoms with E-state index in [-0.39, 0.29) is 11.7 Å². The predicted molar refractivity (Wildman–Crippen MR) is 64.5 cm³/mol. The molecule has 1 atom stereocenters. The number of carboxylic acids is 1. The van der Waals surface area contributed by atoms with Crippen molar-refractivity contribution in [1.29, 1.82) is 0 Å². The highest BCUT2D eigenvalue weighted by molar-refractivity contribution is 6.30. The van der Waals surface area contributed by atoms with Gasteiger partial charge in [0.25, 0.3) is 0 Å². The third-order valence-electron chi connectivity index (χ3n) is 2.57. The van der Waals surface area contributed by atoms with Gasteiger partial charge in [0, 0.05) is 12.4 Å². The number of nitrogens with zero attached hydrogens (tertiary/aromatic N) is 2. The normalized spacial score (nSPS) is 12.4. The van der Waals surface area contributed by atoms with Gasteiger partial charge in [0.1, 0.15) is 5.69 Å². The monoisotopic (exact) mass is 250 g/mol. The molecular formula is C12H11ClN2O2. The summed E-state index contributed by atoms with van der Waals surface area (Å²) in [6.45, 7) is 1.88. The van der Waals surface area contributed by atoms with Crippen LogP contribution in [0.25, 0.3) is 0 Å². The smallest absolute Gasteiger partial charge is 0.352 e. The summed E-state index contributed by atoms with van der Waals surface area (Å²) in [6, 6.07) is 6.80. The molecule has 1 unspecified atom stereocenters. The van der Waals surface area contributed by atoms with E-state index in [4.69, 9.17) is 16.7 Å². The van der Waals surface area contributed by atoms with E-state index in [9.17, 15) is 4.79 Å². The van der Waals surface area contributed by atoms with Crippen LogP contribution in [-0.2, 0) is 0 Å². The minimum atomic E-state index is -1.00. The quantitative estimate of drug-likeness (QED) is 0.911. The second-order valence-electron chi connectivity index (χ2n) is 3.69. The Morgan fingerprint density at radius 3 is 2.88 bits per heavy atom. The van der Waals surface area contributed by atoms with E-state index in [1.165, 1.54) is 6.07 Å². The molecule has 4 nitrogen and oxygen atoms in total. The summed E-state index contributed by atoms with van der Waals surface area (Å²) in [5.41, 5.74) is 0.954. The molecule has 1 N–H and O–H groups in total. The number of hydrogen-bond donors (Lipinski definition) is 1. The fourth-order valence-corrected chi connectivity index (χ4v) is 1.91. The highest BCUT2D eigenvalue weighted by atomic mass is 35.5.